The summed E-state index contributed by atoms with van der Waals surface area (Å²) >= 11 is 6.60. The molecular weight excluding hydrogens is 547 g/mol. The van der Waals surface area contributed by atoms with Gasteiger partial charge in [0.05, 0.1) is 34.6 Å². The maximum atomic E-state index is 13.0. The van der Waals surface area contributed by atoms with Crippen LogP contribution >= 0.6 is 11.6 Å². The fraction of sp³-hybridized carbons (Fsp3) is 0.600. The molecule has 1 heterocycles. The highest BCUT2D eigenvalue weighted by atomic mass is 35.5. The van der Waals surface area contributed by atoms with E-state index in [-0.39, 0.29) is 42.3 Å². The summed E-state index contributed by atoms with van der Waals surface area (Å²) in [5.74, 6) is -1.86. The van der Waals surface area contributed by atoms with Crippen LogP contribution in [0.4, 0.5) is 13.2 Å². The molecule has 212 valence electrons. The topological polar surface area (TPSA) is 111 Å². The maximum Gasteiger partial charge on any atom is 0.391 e. The van der Waals surface area contributed by atoms with Gasteiger partial charge in [0.25, 0.3) is 5.91 Å². The molecule has 2 N–H and O–H groups in total. The van der Waals surface area contributed by atoms with Crippen molar-refractivity contribution in [3.05, 3.63) is 34.5 Å². The van der Waals surface area contributed by atoms with Gasteiger partial charge < -0.3 is 15.2 Å². The van der Waals surface area contributed by atoms with Gasteiger partial charge in [0.15, 0.2) is 5.69 Å². The molecule has 1 atom stereocenters. The molecule has 0 spiro atoms. The first kappa shape index (κ1) is 30.2. The Balaban J connectivity index is 1.81. The molecule has 1 fully saturated rings. The van der Waals surface area contributed by atoms with E-state index in [0.29, 0.717) is 36.2 Å². The summed E-state index contributed by atoms with van der Waals surface area (Å²) in [6, 6.07) is 4.67. The Hall–Kier alpha value is -2.31. The van der Waals surface area contributed by atoms with Gasteiger partial charge in [-0.2, -0.15) is 18.3 Å². The number of rotatable bonds is 9. The number of hydrogen-bond donors (Lipinski definition) is 2. The van der Waals surface area contributed by atoms with Crippen LogP contribution in [0.2, 0.25) is 5.02 Å². The first-order valence-electron chi connectivity index (χ1n) is 12.3. The third kappa shape index (κ3) is 6.81. The SMILES string of the molecule is CCn1nc(C(=O)NCC2(O)CCC(S(C)(=O)=O)CC2)c(Cl)c1-c1ccc(C[C@H](C)C(F)(F)F)cc1OC. The molecule has 1 saturated carbocycles. The van der Waals surface area contributed by atoms with E-state index < -0.39 is 38.7 Å². The van der Waals surface area contributed by atoms with E-state index in [0.717, 1.165) is 6.92 Å². The second kappa shape index (κ2) is 11.4. The maximum absolute atomic E-state index is 13.0. The number of hydrogen-bond acceptors (Lipinski definition) is 6. The number of ether oxygens (including phenoxy) is 1. The van der Waals surface area contributed by atoms with Gasteiger partial charge in [-0.3, -0.25) is 9.48 Å². The smallest absolute Gasteiger partial charge is 0.391 e. The quantitative estimate of drug-likeness (QED) is 0.455. The van der Waals surface area contributed by atoms with Gasteiger partial charge in [0, 0.05) is 24.9 Å². The van der Waals surface area contributed by atoms with Crippen LogP contribution in [-0.2, 0) is 22.8 Å². The fourth-order valence-corrected chi connectivity index (χ4v) is 6.08. The van der Waals surface area contributed by atoms with Crippen LogP contribution in [0.1, 0.15) is 55.6 Å². The van der Waals surface area contributed by atoms with Crippen molar-refractivity contribution in [3.63, 3.8) is 0 Å². The summed E-state index contributed by atoms with van der Waals surface area (Å²) in [6.45, 7) is 3.16. The van der Waals surface area contributed by atoms with Gasteiger partial charge in [-0.25, -0.2) is 8.42 Å². The van der Waals surface area contributed by atoms with E-state index in [1.54, 1.807) is 19.1 Å². The zero-order valence-electron chi connectivity index (χ0n) is 21.7. The Labute approximate surface area is 225 Å². The van der Waals surface area contributed by atoms with Gasteiger partial charge in [-0.05, 0) is 56.7 Å². The summed E-state index contributed by atoms with van der Waals surface area (Å²) in [6.07, 6.45) is -2.30. The van der Waals surface area contributed by atoms with Crippen LogP contribution < -0.4 is 10.1 Å². The van der Waals surface area contributed by atoms with E-state index in [2.05, 4.69) is 10.4 Å². The second-order valence-electron chi connectivity index (χ2n) is 9.94. The number of aryl methyl sites for hydroxylation is 1. The molecule has 0 radical (unpaired) electrons. The number of halogens is 4. The number of aliphatic hydroxyl groups is 1. The number of nitrogens with one attached hydrogen (secondary N) is 1. The molecule has 0 saturated heterocycles. The minimum Gasteiger partial charge on any atom is -0.496 e. The van der Waals surface area contributed by atoms with E-state index >= 15 is 0 Å². The van der Waals surface area contributed by atoms with Gasteiger partial charge in [-0.15, -0.1) is 0 Å². The standard InChI is InChI=1S/C25H33ClF3N3O5S/c1-5-32-22(18-7-6-16(13-19(18)37-3)12-15(2)25(27,28)29)20(26)21(31-32)23(33)30-14-24(34)10-8-17(9-11-24)38(4,35)36/h6-7,13,15,17,34H,5,8-12,14H2,1-4H3,(H,30,33)/t15-,17?,24?/m0/s1. The van der Waals surface area contributed by atoms with Gasteiger partial charge in [0.2, 0.25) is 0 Å². The highest BCUT2D eigenvalue weighted by molar-refractivity contribution is 7.91. The van der Waals surface area contributed by atoms with Crippen molar-refractivity contribution in [2.45, 2.75) is 69.5 Å². The Kier molecular flexibility index (Phi) is 9.09. The summed E-state index contributed by atoms with van der Waals surface area (Å²) in [7, 11) is -1.81. The lowest BCUT2D eigenvalue weighted by atomic mass is 9.84. The van der Waals surface area contributed by atoms with Crippen LogP contribution in [0.15, 0.2) is 18.2 Å². The molecule has 1 aromatic heterocycles. The summed E-state index contributed by atoms with van der Waals surface area (Å²) in [5.41, 5.74) is -0.0443. The monoisotopic (exact) mass is 579 g/mol. The van der Waals surface area contributed by atoms with Crippen molar-refractivity contribution < 1.29 is 36.2 Å². The number of carbonyl (C=O) groups is 1. The molecule has 13 heteroatoms. The number of amides is 1. The van der Waals surface area contributed by atoms with Gasteiger partial charge >= 0.3 is 6.18 Å². The Morgan fingerprint density at radius 1 is 1.34 bits per heavy atom. The van der Waals surface area contributed by atoms with Crippen LogP contribution in [0.3, 0.4) is 0 Å². The number of benzene rings is 1. The first-order valence-corrected chi connectivity index (χ1v) is 14.6. The molecule has 8 nitrogen and oxygen atoms in total. The first-order chi connectivity index (χ1) is 17.6. The molecule has 2 aromatic rings. The van der Waals surface area contributed by atoms with Gasteiger partial charge in [-0.1, -0.05) is 24.6 Å². The van der Waals surface area contributed by atoms with Crippen LogP contribution in [0.5, 0.6) is 5.75 Å². The van der Waals surface area contributed by atoms with Crippen molar-refractivity contribution in [1.29, 1.82) is 0 Å². The molecule has 1 aromatic carbocycles. The summed E-state index contributed by atoms with van der Waals surface area (Å²) < 4.78 is 69.6. The minimum absolute atomic E-state index is 0.0341. The largest absolute Gasteiger partial charge is 0.496 e. The second-order valence-corrected chi connectivity index (χ2v) is 12.6. The predicted molar refractivity (Wildman–Crippen MR) is 138 cm³/mol. The van der Waals surface area contributed by atoms with E-state index in [9.17, 15) is 31.5 Å². The summed E-state index contributed by atoms with van der Waals surface area (Å²) in [4.78, 5) is 13.0. The summed E-state index contributed by atoms with van der Waals surface area (Å²) in [5, 5.41) is 17.4. The molecule has 0 bridgehead atoms. The molecule has 3 rings (SSSR count). The molecule has 0 unspecified atom stereocenters. The lowest BCUT2D eigenvalue weighted by Gasteiger charge is -2.35. The number of sulfone groups is 1. The zero-order valence-corrected chi connectivity index (χ0v) is 23.3. The number of methoxy groups -OCH3 is 1. The van der Waals surface area contributed by atoms with Crippen molar-refractivity contribution in [2.75, 3.05) is 19.9 Å². The number of carbonyl (C=O) groups excluding carboxylic acids is 1. The number of nitrogens with zero attached hydrogens (tertiary/aromatic N) is 2. The van der Waals surface area contributed by atoms with Crippen molar-refractivity contribution >= 4 is 27.3 Å². The fourth-order valence-electron chi connectivity index (χ4n) is 4.66. The molecule has 0 aliphatic heterocycles. The normalized spacial score (nSPS) is 21.2. The van der Waals surface area contributed by atoms with E-state index in [1.807, 2.05) is 0 Å². The molecule has 1 amide bonds. The zero-order chi connectivity index (χ0) is 28.5. The predicted octanol–water partition coefficient (Wildman–Crippen LogP) is 4.42. The highest BCUT2D eigenvalue weighted by Gasteiger charge is 2.38. The Morgan fingerprint density at radius 3 is 2.50 bits per heavy atom. The van der Waals surface area contributed by atoms with Crippen LogP contribution in [0, 0.1) is 5.92 Å². The highest BCUT2D eigenvalue weighted by Crippen LogP contribution is 2.39. The third-order valence-electron chi connectivity index (χ3n) is 7.08. The van der Waals surface area contributed by atoms with Gasteiger partial charge in [0.1, 0.15) is 15.6 Å². The van der Waals surface area contributed by atoms with E-state index in [4.69, 9.17) is 16.3 Å². The van der Waals surface area contributed by atoms with Crippen molar-refractivity contribution in [2.24, 2.45) is 5.92 Å². The molecule has 1 aliphatic rings. The van der Waals surface area contributed by atoms with Crippen molar-refractivity contribution in [1.82, 2.24) is 15.1 Å². The lowest BCUT2D eigenvalue weighted by molar-refractivity contribution is -0.169. The minimum atomic E-state index is -4.32. The van der Waals surface area contributed by atoms with Crippen LogP contribution in [-0.4, -0.2) is 66.1 Å². The Morgan fingerprint density at radius 2 is 1.97 bits per heavy atom. The van der Waals surface area contributed by atoms with E-state index in [1.165, 1.54) is 24.1 Å². The van der Waals surface area contributed by atoms with Crippen molar-refractivity contribution in [3.8, 4) is 17.0 Å². The average molecular weight is 580 g/mol. The van der Waals surface area contributed by atoms with Crippen LogP contribution in [0.25, 0.3) is 11.3 Å². The molecular formula is C25H33ClF3N3O5S. The molecule has 1 aliphatic carbocycles. The average Bonchev–Trinajstić information content (AvgIpc) is 3.17. The Bertz CT molecular complexity index is 1270. The number of alkyl halides is 3. The lowest BCUT2D eigenvalue weighted by Crippen LogP contribution is -2.47. The third-order valence-corrected chi connectivity index (χ3v) is 9.12. The number of aromatic nitrogens is 2. The molecule has 38 heavy (non-hydrogen) atoms.